The van der Waals surface area contributed by atoms with Crippen molar-refractivity contribution in [3.05, 3.63) is 29.8 Å². The number of carbonyl (C=O) groups excluding carboxylic acids is 2. The molecule has 2 amide bonds. The van der Waals surface area contributed by atoms with Gasteiger partial charge in [0.15, 0.2) is 0 Å². The molecule has 1 aromatic rings. The lowest BCUT2D eigenvalue weighted by Gasteiger charge is -2.28. The third-order valence-corrected chi connectivity index (χ3v) is 5.61. The fraction of sp³-hybridized carbons (Fsp3) is 0.556. The summed E-state index contributed by atoms with van der Waals surface area (Å²) in [6.45, 7) is 6.46. The van der Waals surface area contributed by atoms with Gasteiger partial charge in [-0.1, -0.05) is 26.0 Å². The zero-order valence-corrected chi connectivity index (χ0v) is 14.6. The zero-order chi connectivity index (χ0) is 16.4. The zero-order valence-electron chi connectivity index (χ0n) is 13.8. The van der Waals surface area contributed by atoms with E-state index in [-0.39, 0.29) is 17.7 Å². The maximum atomic E-state index is 12.6. The molecule has 0 N–H and O–H groups in total. The first-order valence-corrected chi connectivity index (χ1v) is 9.48. The summed E-state index contributed by atoms with van der Waals surface area (Å²) in [7, 11) is 0. The molecule has 1 aromatic carbocycles. The number of anilines is 1. The summed E-state index contributed by atoms with van der Waals surface area (Å²) >= 11 is 1.89. The van der Waals surface area contributed by atoms with Crippen LogP contribution in [-0.2, 0) is 9.59 Å². The van der Waals surface area contributed by atoms with E-state index in [0.717, 1.165) is 30.3 Å². The lowest BCUT2D eigenvalue weighted by atomic mass is 10.0. The Labute approximate surface area is 142 Å². The Bertz CT molecular complexity index is 579. The van der Waals surface area contributed by atoms with Crippen molar-refractivity contribution in [3.8, 4) is 0 Å². The maximum Gasteiger partial charge on any atom is 0.228 e. The Morgan fingerprint density at radius 1 is 1.17 bits per heavy atom. The first kappa shape index (κ1) is 16.4. The summed E-state index contributed by atoms with van der Waals surface area (Å²) in [5.74, 6) is 2.52. The van der Waals surface area contributed by atoms with Gasteiger partial charge in [0.25, 0.3) is 0 Å². The number of hydrogen-bond acceptors (Lipinski definition) is 3. The summed E-state index contributed by atoms with van der Waals surface area (Å²) in [4.78, 5) is 28.6. The van der Waals surface area contributed by atoms with E-state index in [4.69, 9.17) is 0 Å². The average Bonchev–Trinajstić information content (AvgIpc) is 2.97. The molecule has 2 aliphatic heterocycles. The third-order valence-electron chi connectivity index (χ3n) is 4.67. The second-order valence-corrected chi connectivity index (χ2v) is 7.81. The molecule has 2 aliphatic rings. The Hall–Kier alpha value is -1.49. The van der Waals surface area contributed by atoms with Crippen molar-refractivity contribution < 1.29 is 9.59 Å². The highest BCUT2D eigenvalue weighted by molar-refractivity contribution is 7.99. The van der Waals surface area contributed by atoms with Crippen LogP contribution in [0.1, 0.15) is 31.7 Å². The molecule has 5 heteroatoms. The molecule has 0 spiro atoms. The monoisotopic (exact) mass is 332 g/mol. The second kappa shape index (κ2) is 6.95. The van der Waals surface area contributed by atoms with Gasteiger partial charge in [-0.2, -0.15) is 11.8 Å². The van der Waals surface area contributed by atoms with Gasteiger partial charge in [-0.15, -0.1) is 0 Å². The largest absolute Gasteiger partial charge is 0.341 e. The summed E-state index contributed by atoms with van der Waals surface area (Å²) in [5, 5.41) is 0. The van der Waals surface area contributed by atoms with Crippen LogP contribution in [0.3, 0.4) is 0 Å². The van der Waals surface area contributed by atoms with Gasteiger partial charge in [0.2, 0.25) is 11.8 Å². The van der Waals surface area contributed by atoms with Gasteiger partial charge in [0.05, 0.1) is 5.92 Å². The molecule has 0 unspecified atom stereocenters. The predicted molar refractivity (Wildman–Crippen MR) is 94.9 cm³/mol. The van der Waals surface area contributed by atoms with Crippen molar-refractivity contribution in [3.63, 3.8) is 0 Å². The molecule has 0 radical (unpaired) electrons. The van der Waals surface area contributed by atoms with Crippen molar-refractivity contribution in [2.45, 2.75) is 26.2 Å². The van der Waals surface area contributed by atoms with Gasteiger partial charge < -0.3 is 9.80 Å². The van der Waals surface area contributed by atoms with Gasteiger partial charge >= 0.3 is 0 Å². The first-order chi connectivity index (χ1) is 11.1. The lowest BCUT2D eigenvalue weighted by molar-refractivity contribution is -0.135. The number of nitrogens with zero attached hydrogens (tertiary/aromatic N) is 2. The highest BCUT2D eigenvalue weighted by Gasteiger charge is 2.37. The van der Waals surface area contributed by atoms with Gasteiger partial charge in [-0.25, -0.2) is 0 Å². The van der Waals surface area contributed by atoms with Gasteiger partial charge in [0, 0.05) is 43.2 Å². The normalized spacial score (nSPS) is 22.0. The minimum Gasteiger partial charge on any atom is -0.341 e. The molecule has 4 nitrogen and oxygen atoms in total. The van der Waals surface area contributed by atoms with E-state index in [0.29, 0.717) is 18.9 Å². The van der Waals surface area contributed by atoms with Crippen LogP contribution in [0.5, 0.6) is 0 Å². The van der Waals surface area contributed by atoms with Crippen LogP contribution in [0.2, 0.25) is 0 Å². The number of hydrogen-bond donors (Lipinski definition) is 0. The molecule has 0 bridgehead atoms. The van der Waals surface area contributed by atoms with Crippen molar-refractivity contribution >= 4 is 29.3 Å². The van der Waals surface area contributed by atoms with Crippen LogP contribution in [0.25, 0.3) is 0 Å². The number of carbonyl (C=O) groups is 2. The van der Waals surface area contributed by atoms with Crippen molar-refractivity contribution in [2.75, 3.05) is 36.0 Å². The van der Waals surface area contributed by atoms with E-state index in [1.54, 1.807) is 4.90 Å². The molecule has 2 saturated heterocycles. The summed E-state index contributed by atoms with van der Waals surface area (Å²) in [6.07, 6.45) is 0.342. The van der Waals surface area contributed by atoms with E-state index >= 15 is 0 Å². The van der Waals surface area contributed by atoms with Crippen LogP contribution < -0.4 is 4.90 Å². The lowest BCUT2D eigenvalue weighted by Crippen LogP contribution is -2.42. The smallest absolute Gasteiger partial charge is 0.228 e. The van der Waals surface area contributed by atoms with E-state index < -0.39 is 0 Å². The molecule has 0 saturated carbocycles. The SMILES string of the molecule is CC(C)c1ccc(N2C[C@H](C(=O)N3CCSCC3)CC2=O)cc1. The van der Waals surface area contributed by atoms with E-state index in [1.165, 1.54) is 5.56 Å². The Morgan fingerprint density at radius 2 is 1.83 bits per heavy atom. The number of amides is 2. The first-order valence-electron chi connectivity index (χ1n) is 8.33. The number of rotatable bonds is 3. The van der Waals surface area contributed by atoms with Gasteiger partial charge in [-0.3, -0.25) is 9.59 Å². The third kappa shape index (κ3) is 3.55. The summed E-state index contributed by atoms with van der Waals surface area (Å²) in [6, 6.07) is 8.14. The highest BCUT2D eigenvalue weighted by atomic mass is 32.2. The average molecular weight is 332 g/mol. The summed E-state index contributed by atoms with van der Waals surface area (Å²) < 4.78 is 0. The van der Waals surface area contributed by atoms with E-state index in [2.05, 4.69) is 26.0 Å². The Kier molecular flexibility index (Phi) is 4.95. The van der Waals surface area contributed by atoms with E-state index in [1.807, 2.05) is 28.8 Å². The number of thioether (sulfide) groups is 1. The molecule has 2 heterocycles. The molecule has 3 rings (SSSR count). The Morgan fingerprint density at radius 3 is 2.43 bits per heavy atom. The van der Waals surface area contributed by atoms with Gasteiger partial charge in [-0.05, 0) is 23.6 Å². The maximum absolute atomic E-state index is 12.6. The number of benzene rings is 1. The molecule has 0 aliphatic carbocycles. The highest BCUT2D eigenvalue weighted by Crippen LogP contribution is 2.28. The molecule has 0 aromatic heterocycles. The predicted octanol–water partition coefficient (Wildman–Crippen LogP) is 2.74. The van der Waals surface area contributed by atoms with Crippen molar-refractivity contribution in [2.24, 2.45) is 5.92 Å². The molecule has 23 heavy (non-hydrogen) atoms. The Balaban J connectivity index is 1.68. The fourth-order valence-electron chi connectivity index (χ4n) is 3.20. The van der Waals surface area contributed by atoms with Crippen LogP contribution in [0.4, 0.5) is 5.69 Å². The van der Waals surface area contributed by atoms with E-state index in [9.17, 15) is 9.59 Å². The summed E-state index contributed by atoms with van der Waals surface area (Å²) in [5.41, 5.74) is 2.17. The standard InChI is InChI=1S/C18H24N2O2S/c1-13(2)14-3-5-16(6-4-14)20-12-15(11-17(20)21)18(22)19-7-9-23-10-8-19/h3-6,13,15H,7-12H2,1-2H3/t15-/m1/s1. The van der Waals surface area contributed by atoms with Crippen LogP contribution >= 0.6 is 11.8 Å². The second-order valence-electron chi connectivity index (χ2n) is 6.59. The molecule has 124 valence electrons. The van der Waals surface area contributed by atoms with Crippen LogP contribution in [0.15, 0.2) is 24.3 Å². The molecular formula is C18H24N2O2S. The van der Waals surface area contributed by atoms with Crippen LogP contribution in [0, 0.1) is 5.92 Å². The molecule has 1 atom stereocenters. The quantitative estimate of drug-likeness (QED) is 0.854. The van der Waals surface area contributed by atoms with Crippen molar-refractivity contribution in [1.29, 1.82) is 0 Å². The topological polar surface area (TPSA) is 40.6 Å². The van der Waals surface area contributed by atoms with Gasteiger partial charge in [0.1, 0.15) is 0 Å². The molecular weight excluding hydrogens is 308 g/mol. The minimum absolute atomic E-state index is 0.0621. The van der Waals surface area contributed by atoms with Crippen molar-refractivity contribution in [1.82, 2.24) is 4.90 Å². The minimum atomic E-state index is -0.185. The fourth-order valence-corrected chi connectivity index (χ4v) is 4.11. The van der Waals surface area contributed by atoms with Crippen LogP contribution in [-0.4, -0.2) is 47.9 Å². The molecule has 2 fully saturated rings.